The molecule has 2 aliphatic carbocycles. The van der Waals surface area contributed by atoms with E-state index in [1.54, 1.807) is 6.07 Å². The average Bonchev–Trinajstić information content (AvgIpc) is 3.40. The fourth-order valence-electron chi connectivity index (χ4n) is 2.51. The molecule has 2 saturated carbocycles. The van der Waals surface area contributed by atoms with Crippen molar-refractivity contribution < 1.29 is 22.3 Å². The van der Waals surface area contributed by atoms with E-state index < -0.39 is 27.0 Å². The molecule has 0 aromatic heterocycles. The molecule has 5 nitrogen and oxygen atoms in total. The van der Waals surface area contributed by atoms with E-state index in [9.17, 15) is 17.6 Å². The number of halogens is 1. The Morgan fingerprint density at radius 1 is 1.29 bits per heavy atom. The largest absolute Gasteiger partial charge is 0.490 e. The van der Waals surface area contributed by atoms with Gasteiger partial charge in [0.2, 0.25) is 10.0 Å². The maximum atomic E-state index is 14.6. The van der Waals surface area contributed by atoms with Gasteiger partial charge in [-0.1, -0.05) is 13.3 Å². The van der Waals surface area contributed by atoms with Crippen LogP contribution in [0.15, 0.2) is 12.1 Å². The Bertz CT molecular complexity index is 739. The molecule has 0 heterocycles. The number of rotatable bonds is 8. The molecule has 24 heavy (non-hydrogen) atoms. The number of unbranched alkanes of at least 4 members (excludes halogenated alkanes) is 1. The molecule has 132 valence electrons. The van der Waals surface area contributed by atoms with E-state index >= 15 is 0 Å². The van der Waals surface area contributed by atoms with Crippen LogP contribution < -0.4 is 9.46 Å². The van der Waals surface area contributed by atoms with Gasteiger partial charge in [-0.25, -0.2) is 17.5 Å². The van der Waals surface area contributed by atoms with Crippen molar-refractivity contribution in [3.05, 3.63) is 29.1 Å². The summed E-state index contributed by atoms with van der Waals surface area (Å²) in [6, 6.07) is 3.09. The second-order valence-electron chi connectivity index (χ2n) is 6.53. The van der Waals surface area contributed by atoms with Crippen molar-refractivity contribution in [2.24, 2.45) is 0 Å². The van der Waals surface area contributed by atoms with Crippen LogP contribution in [-0.4, -0.2) is 26.2 Å². The highest BCUT2D eigenvalue weighted by atomic mass is 32.2. The zero-order valence-corrected chi connectivity index (χ0v) is 14.5. The molecule has 0 radical (unpaired) electrons. The Balaban J connectivity index is 1.85. The van der Waals surface area contributed by atoms with Crippen molar-refractivity contribution in [1.29, 1.82) is 0 Å². The van der Waals surface area contributed by atoms with Crippen LogP contribution in [0, 0.1) is 5.82 Å². The van der Waals surface area contributed by atoms with E-state index in [0.717, 1.165) is 31.2 Å². The van der Waals surface area contributed by atoms with Crippen molar-refractivity contribution in [3.8, 4) is 5.75 Å². The van der Waals surface area contributed by atoms with Gasteiger partial charge in [-0.3, -0.25) is 4.79 Å². The van der Waals surface area contributed by atoms with E-state index in [4.69, 9.17) is 4.74 Å². The first-order valence-corrected chi connectivity index (χ1v) is 9.99. The smallest absolute Gasteiger partial charge is 0.267 e. The van der Waals surface area contributed by atoms with Crippen LogP contribution in [0.5, 0.6) is 5.75 Å². The SMILES string of the molecule is CCCCOc1cc(C2CC2)cc(C(=O)NS(=O)(=O)C2CC2)c1F. The van der Waals surface area contributed by atoms with E-state index in [2.05, 4.69) is 0 Å². The molecule has 1 amide bonds. The van der Waals surface area contributed by atoms with E-state index in [1.807, 2.05) is 11.6 Å². The first-order valence-electron chi connectivity index (χ1n) is 8.44. The maximum absolute atomic E-state index is 14.6. The molecule has 0 saturated heterocycles. The summed E-state index contributed by atoms with van der Waals surface area (Å²) in [6.45, 7) is 2.37. The van der Waals surface area contributed by atoms with Crippen molar-refractivity contribution in [1.82, 2.24) is 4.72 Å². The highest BCUT2D eigenvalue weighted by Gasteiger charge is 2.37. The van der Waals surface area contributed by atoms with Gasteiger partial charge in [0, 0.05) is 0 Å². The number of hydrogen-bond acceptors (Lipinski definition) is 4. The number of amides is 1. The quantitative estimate of drug-likeness (QED) is 0.727. The lowest BCUT2D eigenvalue weighted by atomic mass is 10.1. The highest BCUT2D eigenvalue weighted by Crippen LogP contribution is 2.42. The lowest BCUT2D eigenvalue weighted by molar-refractivity contribution is 0.0976. The van der Waals surface area contributed by atoms with Crippen molar-refractivity contribution >= 4 is 15.9 Å². The van der Waals surface area contributed by atoms with Crippen molar-refractivity contribution in [2.75, 3.05) is 6.61 Å². The van der Waals surface area contributed by atoms with Gasteiger partial charge in [0.1, 0.15) is 0 Å². The monoisotopic (exact) mass is 355 g/mol. The van der Waals surface area contributed by atoms with E-state index in [-0.39, 0.29) is 11.3 Å². The van der Waals surface area contributed by atoms with Crippen LogP contribution in [-0.2, 0) is 10.0 Å². The summed E-state index contributed by atoms with van der Waals surface area (Å²) in [5, 5.41) is -0.531. The highest BCUT2D eigenvalue weighted by molar-refractivity contribution is 7.91. The van der Waals surface area contributed by atoms with Gasteiger partial charge in [0.15, 0.2) is 11.6 Å². The topological polar surface area (TPSA) is 72.5 Å². The van der Waals surface area contributed by atoms with Crippen molar-refractivity contribution in [2.45, 2.75) is 56.6 Å². The number of hydrogen-bond donors (Lipinski definition) is 1. The van der Waals surface area contributed by atoms with Crippen LogP contribution in [0.1, 0.15) is 67.3 Å². The molecule has 0 unspecified atom stereocenters. The molecule has 1 aromatic carbocycles. The van der Waals surface area contributed by atoms with E-state index in [0.29, 0.717) is 25.4 Å². The summed E-state index contributed by atoms with van der Waals surface area (Å²) < 4.78 is 45.9. The van der Waals surface area contributed by atoms with Crippen LogP contribution >= 0.6 is 0 Å². The summed E-state index contributed by atoms with van der Waals surface area (Å²) in [5.74, 6) is -1.38. The summed E-state index contributed by atoms with van der Waals surface area (Å²) in [7, 11) is -3.71. The Morgan fingerprint density at radius 2 is 2.00 bits per heavy atom. The lowest BCUT2D eigenvalue weighted by Crippen LogP contribution is -2.33. The first-order chi connectivity index (χ1) is 11.4. The predicted molar refractivity (Wildman–Crippen MR) is 88.2 cm³/mol. The minimum absolute atomic E-state index is 0.0295. The number of carbonyl (C=O) groups is 1. The molecule has 1 aromatic rings. The standard InChI is InChI=1S/C17H22FNO4S/c1-2-3-8-23-15-10-12(11-4-5-11)9-14(16(15)18)17(20)19-24(21,22)13-6-7-13/h9-11,13H,2-8H2,1H3,(H,19,20). The van der Waals surface area contributed by atoms with Gasteiger partial charge in [0.05, 0.1) is 17.4 Å². The van der Waals surface area contributed by atoms with Gasteiger partial charge in [-0.15, -0.1) is 0 Å². The Kier molecular flexibility index (Phi) is 4.80. The molecule has 0 aliphatic heterocycles. The molecule has 0 bridgehead atoms. The molecular weight excluding hydrogens is 333 g/mol. The van der Waals surface area contributed by atoms with Gasteiger partial charge >= 0.3 is 0 Å². The molecule has 0 atom stereocenters. The first kappa shape index (κ1) is 17.2. The maximum Gasteiger partial charge on any atom is 0.267 e. The average molecular weight is 355 g/mol. The molecule has 0 spiro atoms. The Morgan fingerprint density at radius 3 is 2.58 bits per heavy atom. The van der Waals surface area contributed by atoms with E-state index in [1.165, 1.54) is 6.07 Å². The van der Waals surface area contributed by atoms with Gasteiger partial charge < -0.3 is 4.74 Å². The minimum Gasteiger partial charge on any atom is -0.490 e. The van der Waals surface area contributed by atoms with Gasteiger partial charge in [0.25, 0.3) is 5.91 Å². The summed E-state index contributed by atoms with van der Waals surface area (Å²) >= 11 is 0. The lowest BCUT2D eigenvalue weighted by Gasteiger charge is -2.13. The zero-order chi connectivity index (χ0) is 17.3. The second-order valence-corrected chi connectivity index (χ2v) is 8.49. The number of carbonyl (C=O) groups excluding carboxylic acids is 1. The third-order valence-corrected chi connectivity index (χ3v) is 6.13. The van der Waals surface area contributed by atoms with Gasteiger partial charge in [-0.05, 0) is 55.7 Å². The number of benzene rings is 1. The zero-order valence-electron chi connectivity index (χ0n) is 13.7. The van der Waals surface area contributed by atoms with Crippen LogP contribution in [0.2, 0.25) is 0 Å². The molecule has 1 N–H and O–H groups in total. The summed E-state index contributed by atoms with van der Waals surface area (Å²) in [4.78, 5) is 12.3. The second kappa shape index (κ2) is 6.70. The third-order valence-electron chi connectivity index (χ3n) is 4.31. The molecule has 3 rings (SSSR count). The molecule has 2 fully saturated rings. The fourth-order valence-corrected chi connectivity index (χ4v) is 3.81. The molecule has 7 heteroatoms. The number of sulfonamides is 1. The molecule has 2 aliphatic rings. The van der Waals surface area contributed by atoms with Gasteiger partial charge in [-0.2, -0.15) is 0 Å². The molecular formula is C17H22FNO4S. The van der Waals surface area contributed by atoms with Crippen LogP contribution in [0.4, 0.5) is 4.39 Å². The van der Waals surface area contributed by atoms with Crippen LogP contribution in [0.25, 0.3) is 0 Å². The minimum atomic E-state index is -3.71. The normalized spacial score (nSPS) is 17.6. The van der Waals surface area contributed by atoms with Crippen LogP contribution in [0.3, 0.4) is 0 Å². The fraction of sp³-hybridized carbons (Fsp3) is 0.588. The Hall–Kier alpha value is -1.63. The number of nitrogens with one attached hydrogen (secondary N) is 1. The summed E-state index contributed by atoms with van der Waals surface area (Å²) in [5.41, 5.74) is 0.576. The third kappa shape index (κ3) is 3.88. The predicted octanol–water partition coefficient (Wildman–Crippen LogP) is 3.10. The number of ether oxygens (including phenoxy) is 1. The summed E-state index contributed by atoms with van der Waals surface area (Å²) in [6.07, 6.45) is 4.75. The Labute approximate surface area is 141 Å². The van der Waals surface area contributed by atoms with Crippen molar-refractivity contribution in [3.63, 3.8) is 0 Å².